The molecule has 26 heavy (non-hydrogen) atoms. The summed E-state index contributed by atoms with van der Waals surface area (Å²) in [5, 5.41) is 3.90. The van der Waals surface area contributed by atoms with Gasteiger partial charge in [0, 0.05) is 5.56 Å². The number of nitrogens with one attached hydrogen (secondary N) is 1. The van der Waals surface area contributed by atoms with Gasteiger partial charge in [0.2, 0.25) is 10.0 Å². The van der Waals surface area contributed by atoms with E-state index in [1.807, 2.05) is 12.1 Å². The summed E-state index contributed by atoms with van der Waals surface area (Å²) in [4.78, 5) is 12.4. The minimum absolute atomic E-state index is 0.409. The van der Waals surface area contributed by atoms with Crippen molar-refractivity contribution in [3.63, 3.8) is 0 Å². The van der Waals surface area contributed by atoms with Crippen molar-refractivity contribution in [2.75, 3.05) is 17.7 Å². The van der Waals surface area contributed by atoms with Gasteiger partial charge in [0.1, 0.15) is 11.8 Å². The Morgan fingerprint density at radius 1 is 1.15 bits per heavy atom. The van der Waals surface area contributed by atoms with E-state index in [4.69, 9.17) is 4.74 Å². The molecule has 0 aromatic heterocycles. The molecule has 2 rings (SSSR count). The Kier molecular flexibility index (Phi) is 6.35. The topological polar surface area (TPSA) is 88.1 Å². The maximum atomic E-state index is 12.4. The predicted molar refractivity (Wildman–Crippen MR) is 102 cm³/mol. The number of sulfonamides is 1. The van der Waals surface area contributed by atoms with Crippen LogP contribution in [0.4, 0.5) is 5.69 Å². The highest BCUT2D eigenvalue weighted by atomic mass is 32.2. The van der Waals surface area contributed by atoms with Crippen LogP contribution in [0.25, 0.3) is 0 Å². The Morgan fingerprint density at radius 2 is 1.77 bits per heavy atom. The highest BCUT2D eigenvalue weighted by Crippen LogP contribution is 2.20. The van der Waals surface area contributed by atoms with Gasteiger partial charge in [-0.3, -0.25) is 9.10 Å². The van der Waals surface area contributed by atoms with Crippen LogP contribution in [0.15, 0.2) is 59.7 Å². The van der Waals surface area contributed by atoms with E-state index in [1.54, 1.807) is 42.5 Å². The van der Waals surface area contributed by atoms with Crippen LogP contribution in [-0.4, -0.2) is 39.9 Å². The fourth-order valence-electron chi connectivity index (χ4n) is 2.42. The number of amides is 1. The second-order valence-corrected chi connectivity index (χ2v) is 7.41. The molecule has 0 aliphatic carbocycles. The van der Waals surface area contributed by atoms with Crippen LogP contribution in [0, 0.1) is 0 Å². The number of rotatable bonds is 7. The zero-order chi connectivity index (χ0) is 19.2. The monoisotopic (exact) mass is 375 g/mol. The zero-order valence-electron chi connectivity index (χ0n) is 14.8. The van der Waals surface area contributed by atoms with Gasteiger partial charge in [-0.15, -0.1) is 0 Å². The van der Waals surface area contributed by atoms with Crippen molar-refractivity contribution in [1.29, 1.82) is 0 Å². The van der Waals surface area contributed by atoms with E-state index >= 15 is 0 Å². The lowest BCUT2D eigenvalue weighted by Crippen LogP contribution is -2.46. The standard InChI is InChI=1S/C18H21N3O4S/c1-14(21(26(3,23)24)16-10-5-4-6-11-16)18(22)20-19-13-15-9-7-8-12-17(15)25-2/h4-14H,1-3H3,(H,20,22)/b19-13-/t14-/m1/s1. The van der Waals surface area contributed by atoms with Crippen LogP contribution < -0.4 is 14.5 Å². The quantitative estimate of drug-likeness (QED) is 0.592. The molecule has 1 amide bonds. The molecule has 138 valence electrons. The van der Waals surface area contributed by atoms with E-state index < -0.39 is 22.0 Å². The molecule has 0 aliphatic rings. The number of carbonyl (C=O) groups is 1. The number of hydrazone groups is 1. The Balaban J connectivity index is 2.16. The number of hydrogen-bond donors (Lipinski definition) is 1. The molecular weight excluding hydrogens is 354 g/mol. The zero-order valence-corrected chi connectivity index (χ0v) is 15.6. The van der Waals surface area contributed by atoms with Crippen molar-refractivity contribution >= 4 is 27.8 Å². The first kappa shape index (κ1) is 19.5. The van der Waals surface area contributed by atoms with Gasteiger partial charge in [-0.1, -0.05) is 30.3 Å². The third-order valence-corrected chi connectivity index (χ3v) is 4.86. The number of methoxy groups -OCH3 is 1. The molecule has 0 fully saturated rings. The molecule has 0 saturated heterocycles. The maximum absolute atomic E-state index is 12.4. The summed E-state index contributed by atoms with van der Waals surface area (Å²) in [5.41, 5.74) is 3.47. The normalized spacial score (nSPS) is 12.6. The number of para-hydroxylation sites is 2. The van der Waals surface area contributed by atoms with Crippen molar-refractivity contribution < 1.29 is 17.9 Å². The Hall–Kier alpha value is -2.87. The van der Waals surface area contributed by atoms with Crippen molar-refractivity contribution in [2.24, 2.45) is 5.10 Å². The van der Waals surface area contributed by atoms with Crippen LogP contribution in [0.2, 0.25) is 0 Å². The molecule has 0 saturated carbocycles. The molecule has 1 N–H and O–H groups in total. The van der Waals surface area contributed by atoms with Gasteiger partial charge in [0.25, 0.3) is 5.91 Å². The maximum Gasteiger partial charge on any atom is 0.263 e. The number of hydrogen-bond acceptors (Lipinski definition) is 5. The highest BCUT2D eigenvalue weighted by Gasteiger charge is 2.28. The summed E-state index contributed by atoms with van der Waals surface area (Å²) >= 11 is 0. The molecule has 0 spiro atoms. The number of anilines is 1. The number of ether oxygens (including phenoxy) is 1. The van der Waals surface area contributed by atoms with Gasteiger partial charge in [-0.2, -0.15) is 5.10 Å². The van der Waals surface area contributed by atoms with Crippen molar-refractivity contribution in [3.8, 4) is 5.75 Å². The fraction of sp³-hybridized carbons (Fsp3) is 0.222. The van der Waals surface area contributed by atoms with Gasteiger partial charge in [-0.05, 0) is 31.2 Å². The molecule has 8 heteroatoms. The number of benzene rings is 2. The third-order valence-electron chi connectivity index (χ3n) is 3.62. The lowest BCUT2D eigenvalue weighted by atomic mass is 10.2. The largest absolute Gasteiger partial charge is 0.496 e. The van der Waals surface area contributed by atoms with E-state index in [-0.39, 0.29) is 0 Å². The second-order valence-electron chi connectivity index (χ2n) is 5.55. The van der Waals surface area contributed by atoms with E-state index in [0.29, 0.717) is 17.0 Å². The molecule has 0 radical (unpaired) electrons. The first-order valence-corrected chi connectivity index (χ1v) is 9.70. The summed E-state index contributed by atoms with van der Waals surface area (Å²) in [6, 6.07) is 14.7. The Labute approximate surface area is 153 Å². The van der Waals surface area contributed by atoms with E-state index in [2.05, 4.69) is 10.5 Å². The molecule has 1 atom stereocenters. The second kappa shape index (κ2) is 8.48. The summed E-state index contributed by atoms with van der Waals surface area (Å²) in [7, 11) is -2.11. The molecule has 7 nitrogen and oxygen atoms in total. The molecule has 2 aromatic carbocycles. The lowest BCUT2D eigenvalue weighted by Gasteiger charge is -2.27. The van der Waals surface area contributed by atoms with Crippen LogP contribution in [-0.2, 0) is 14.8 Å². The first-order valence-electron chi connectivity index (χ1n) is 7.85. The van der Waals surface area contributed by atoms with E-state index in [9.17, 15) is 13.2 Å². The summed E-state index contributed by atoms with van der Waals surface area (Å²) in [5.74, 6) is 0.0611. The molecule has 2 aromatic rings. The fourth-order valence-corrected chi connectivity index (χ4v) is 3.59. The average Bonchev–Trinajstić information content (AvgIpc) is 2.61. The molecular formula is C18H21N3O4S. The van der Waals surface area contributed by atoms with Gasteiger partial charge < -0.3 is 4.74 Å². The average molecular weight is 375 g/mol. The SMILES string of the molecule is COc1ccccc1/C=N\NC(=O)[C@@H](C)N(c1ccccc1)S(C)(=O)=O. The van der Waals surface area contributed by atoms with Gasteiger partial charge in [0.15, 0.2) is 0 Å². The summed E-state index contributed by atoms with van der Waals surface area (Å²) in [6.45, 7) is 1.50. The Bertz CT molecular complexity index is 882. The van der Waals surface area contributed by atoms with Crippen molar-refractivity contribution in [2.45, 2.75) is 13.0 Å². The van der Waals surface area contributed by atoms with E-state index in [0.717, 1.165) is 10.6 Å². The Morgan fingerprint density at radius 3 is 2.38 bits per heavy atom. The number of carbonyl (C=O) groups excluding carboxylic acids is 1. The number of nitrogens with zero attached hydrogens (tertiary/aromatic N) is 2. The van der Waals surface area contributed by atoms with Crippen LogP contribution in [0.5, 0.6) is 5.75 Å². The van der Waals surface area contributed by atoms with Crippen molar-refractivity contribution in [3.05, 3.63) is 60.2 Å². The molecule has 0 heterocycles. The van der Waals surface area contributed by atoms with Gasteiger partial charge >= 0.3 is 0 Å². The predicted octanol–water partition coefficient (Wildman–Crippen LogP) is 2.00. The smallest absolute Gasteiger partial charge is 0.263 e. The minimum atomic E-state index is -3.65. The van der Waals surface area contributed by atoms with Gasteiger partial charge in [0.05, 0.1) is 25.3 Å². The van der Waals surface area contributed by atoms with Gasteiger partial charge in [-0.25, -0.2) is 13.8 Å². The highest BCUT2D eigenvalue weighted by molar-refractivity contribution is 7.92. The minimum Gasteiger partial charge on any atom is -0.496 e. The van der Waals surface area contributed by atoms with Crippen molar-refractivity contribution in [1.82, 2.24) is 5.43 Å². The molecule has 0 aliphatic heterocycles. The first-order chi connectivity index (χ1) is 12.3. The lowest BCUT2D eigenvalue weighted by molar-refractivity contribution is -0.121. The summed E-state index contributed by atoms with van der Waals surface area (Å²) < 4.78 is 30.6. The molecule has 0 bridgehead atoms. The molecule has 0 unspecified atom stereocenters. The summed E-state index contributed by atoms with van der Waals surface area (Å²) in [6.07, 6.45) is 2.50. The van der Waals surface area contributed by atoms with E-state index in [1.165, 1.54) is 20.2 Å². The third kappa shape index (κ3) is 4.82. The van der Waals surface area contributed by atoms with Crippen LogP contribution in [0.1, 0.15) is 12.5 Å². The van der Waals surface area contributed by atoms with Crippen LogP contribution >= 0.6 is 0 Å². The van der Waals surface area contributed by atoms with Crippen LogP contribution in [0.3, 0.4) is 0 Å².